The standard InChI is InChI=1S/C63H68N4O10S2/c1-5-7-8-9-10-11-12-13-39-73-49-24-16-45(17-25-49)61-54-32-36-58(66-54)62(46-18-26-50(27-19-46)74-40-42-76-78(3,68)69)56-34-30-52(64-56)60(44-14-22-48(23-15-44)72-38-6-2)53-31-35-57(65-53)63(59-37-33-55(61)67-59)47-20-28-51(29-21-47)75-41-43-77-79(4,70)71/h14-37,64,67H,5-13,38-43H2,1-4H3. The van der Waals surface area contributed by atoms with Crippen molar-refractivity contribution in [3.63, 3.8) is 0 Å². The number of aromatic amines is 2. The summed E-state index contributed by atoms with van der Waals surface area (Å²) in [6, 6.07) is 39.9. The third-order valence-corrected chi connectivity index (χ3v) is 14.6. The molecule has 0 atom stereocenters. The number of benzene rings is 4. The molecule has 16 heteroatoms. The Kier molecular flexibility index (Phi) is 18.8. The fourth-order valence-electron chi connectivity index (χ4n) is 9.63. The van der Waals surface area contributed by atoms with Crippen molar-refractivity contribution in [2.75, 3.05) is 52.2 Å². The third-order valence-electron chi connectivity index (χ3n) is 13.4. The van der Waals surface area contributed by atoms with E-state index in [9.17, 15) is 16.8 Å². The molecule has 0 fully saturated rings. The molecule has 0 radical (unpaired) electrons. The van der Waals surface area contributed by atoms with Gasteiger partial charge in [-0.2, -0.15) is 16.8 Å². The van der Waals surface area contributed by atoms with Gasteiger partial charge in [-0.05, 0) is 132 Å². The molecule has 3 aromatic heterocycles. The van der Waals surface area contributed by atoms with Crippen LogP contribution in [0.5, 0.6) is 23.0 Å². The topological polar surface area (TPSA) is 181 Å². The molecular formula is C63H68N4O10S2. The minimum Gasteiger partial charge on any atom is -0.494 e. The first kappa shape index (κ1) is 56.2. The van der Waals surface area contributed by atoms with Gasteiger partial charge in [0.1, 0.15) is 49.4 Å². The van der Waals surface area contributed by atoms with Crippen LogP contribution in [0.1, 0.15) is 94.4 Å². The van der Waals surface area contributed by atoms with E-state index in [0.29, 0.717) is 24.7 Å². The normalized spacial score (nSPS) is 12.3. The summed E-state index contributed by atoms with van der Waals surface area (Å²) in [5, 5.41) is 0. The van der Waals surface area contributed by atoms with Crippen LogP contribution in [0.15, 0.2) is 121 Å². The monoisotopic (exact) mass is 1100 g/mol. The van der Waals surface area contributed by atoms with Crippen molar-refractivity contribution in [1.82, 2.24) is 19.9 Å². The molecular weight excluding hydrogens is 1040 g/mol. The van der Waals surface area contributed by atoms with Crippen LogP contribution in [0.3, 0.4) is 0 Å². The summed E-state index contributed by atoms with van der Waals surface area (Å²) in [5.41, 5.74) is 13.2. The van der Waals surface area contributed by atoms with E-state index < -0.39 is 20.2 Å². The Bertz CT molecular complexity index is 3580. The van der Waals surface area contributed by atoms with Crippen molar-refractivity contribution in [3.05, 3.63) is 144 Å². The maximum Gasteiger partial charge on any atom is 0.264 e. The van der Waals surface area contributed by atoms with E-state index in [1.54, 1.807) is 0 Å². The zero-order valence-corrected chi connectivity index (χ0v) is 46.9. The highest BCUT2D eigenvalue weighted by atomic mass is 32.2. The molecule has 0 unspecified atom stereocenters. The lowest BCUT2D eigenvalue weighted by Crippen LogP contribution is -2.11. The van der Waals surface area contributed by atoms with Crippen molar-refractivity contribution in [1.29, 1.82) is 0 Å². The molecule has 4 aromatic carbocycles. The van der Waals surface area contributed by atoms with Gasteiger partial charge in [-0.3, -0.25) is 8.37 Å². The van der Waals surface area contributed by atoms with Crippen LogP contribution in [0.25, 0.3) is 90.9 Å². The van der Waals surface area contributed by atoms with Crippen LogP contribution < -0.4 is 18.9 Å². The number of aromatic nitrogens is 4. The van der Waals surface area contributed by atoms with Crippen molar-refractivity contribution >= 4 is 66.6 Å². The first-order valence-electron chi connectivity index (χ1n) is 27.1. The van der Waals surface area contributed by atoms with Gasteiger partial charge in [0.2, 0.25) is 0 Å². The predicted octanol–water partition coefficient (Wildman–Crippen LogP) is 14.3. The predicted molar refractivity (Wildman–Crippen MR) is 317 cm³/mol. The average Bonchev–Trinajstić information content (AvgIpc) is 4.52. The lowest BCUT2D eigenvalue weighted by Gasteiger charge is -2.10. The Balaban J connectivity index is 1.20. The molecule has 0 saturated carbocycles. The fourth-order valence-corrected chi connectivity index (χ4v) is 10.4. The zero-order valence-electron chi connectivity index (χ0n) is 45.3. The number of nitrogens with zero attached hydrogens (tertiary/aromatic N) is 2. The second-order valence-electron chi connectivity index (χ2n) is 19.5. The molecule has 0 aliphatic carbocycles. The molecule has 0 saturated heterocycles. The summed E-state index contributed by atoms with van der Waals surface area (Å²) >= 11 is 0. The molecule has 2 aliphatic heterocycles. The minimum atomic E-state index is -3.60. The maximum absolute atomic E-state index is 11.6. The summed E-state index contributed by atoms with van der Waals surface area (Å²) < 4.78 is 80.2. The number of H-pyrrole nitrogens is 2. The van der Waals surface area contributed by atoms with Gasteiger partial charge < -0.3 is 28.9 Å². The van der Waals surface area contributed by atoms with Crippen molar-refractivity contribution in [3.8, 4) is 67.5 Å². The number of hydrogen-bond acceptors (Lipinski definition) is 12. The van der Waals surface area contributed by atoms with E-state index in [2.05, 4.69) is 72.3 Å². The molecule has 5 heterocycles. The zero-order chi connectivity index (χ0) is 55.2. The van der Waals surface area contributed by atoms with Gasteiger partial charge in [-0.25, -0.2) is 9.97 Å². The number of ether oxygens (including phenoxy) is 4. The highest BCUT2D eigenvalue weighted by Gasteiger charge is 2.20. The lowest BCUT2D eigenvalue weighted by atomic mass is 10.0. The number of hydrogen-bond donors (Lipinski definition) is 2. The van der Waals surface area contributed by atoms with Crippen LogP contribution in [0, 0.1) is 0 Å². The second-order valence-corrected chi connectivity index (χ2v) is 22.8. The van der Waals surface area contributed by atoms with Crippen molar-refractivity contribution < 1.29 is 44.1 Å². The quantitative estimate of drug-likeness (QED) is 0.0368. The molecule has 2 aliphatic rings. The SMILES string of the molecule is CCCCCCCCCCOc1ccc(-c2c3nc(c(-c4ccc(OCCOS(C)(=O)=O)cc4)c4ccc([nH]4)c(-c4ccc(OCCC)cc4)c4nc(c(-c5ccc(OCCOS(C)(=O)=O)cc5)c5ccc2[nH]5)C=C4)C=C3)cc1. The lowest BCUT2D eigenvalue weighted by molar-refractivity contribution is 0.222. The summed E-state index contributed by atoms with van der Waals surface area (Å²) in [7, 11) is -7.21. The Morgan fingerprint density at radius 2 is 0.633 bits per heavy atom. The molecule has 7 aromatic rings. The van der Waals surface area contributed by atoms with Crippen LogP contribution >= 0.6 is 0 Å². The highest BCUT2D eigenvalue weighted by molar-refractivity contribution is 7.86. The molecule has 79 heavy (non-hydrogen) atoms. The van der Waals surface area contributed by atoms with Crippen molar-refractivity contribution in [2.24, 2.45) is 0 Å². The van der Waals surface area contributed by atoms with Crippen LogP contribution in [0.4, 0.5) is 0 Å². The van der Waals surface area contributed by atoms with E-state index in [4.69, 9.17) is 37.3 Å². The maximum atomic E-state index is 11.6. The second kappa shape index (κ2) is 26.4. The number of fused-ring (bicyclic) bond motifs is 8. The van der Waals surface area contributed by atoms with E-state index in [1.165, 1.54) is 38.5 Å². The number of rotatable bonds is 27. The van der Waals surface area contributed by atoms with Crippen LogP contribution in [-0.4, -0.2) is 88.9 Å². The summed E-state index contributed by atoms with van der Waals surface area (Å²) in [6.07, 6.45) is 20.9. The molecule has 2 N–H and O–H groups in total. The molecule has 0 amide bonds. The van der Waals surface area contributed by atoms with E-state index in [-0.39, 0.29) is 26.4 Å². The Hall–Kier alpha value is -7.50. The van der Waals surface area contributed by atoms with Gasteiger partial charge in [0.05, 0.1) is 48.5 Å². The smallest absolute Gasteiger partial charge is 0.264 e. The van der Waals surface area contributed by atoms with Gasteiger partial charge in [0, 0.05) is 44.3 Å². The van der Waals surface area contributed by atoms with Crippen molar-refractivity contribution in [2.45, 2.75) is 71.6 Å². The van der Waals surface area contributed by atoms with Crippen LogP contribution in [-0.2, 0) is 28.6 Å². The summed E-state index contributed by atoms with van der Waals surface area (Å²) in [6.45, 7) is 5.48. The molecule has 0 spiro atoms. The molecule has 8 bridgehead atoms. The van der Waals surface area contributed by atoms with Gasteiger partial charge in [-0.15, -0.1) is 0 Å². The number of unbranched alkanes of at least 4 members (excludes halogenated alkanes) is 7. The molecule has 412 valence electrons. The van der Waals surface area contributed by atoms with E-state index >= 15 is 0 Å². The minimum absolute atomic E-state index is 0.0527. The summed E-state index contributed by atoms with van der Waals surface area (Å²) in [4.78, 5) is 18.5. The average molecular weight is 1110 g/mol. The van der Waals surface area contributed by atoms with E-state index in [1.807, 2.05) is 97.1 Å². The summed E-state index contributed by atoms with van der Waals surface area (Å²) in [5.74, 6) is 2.69. The number of nitrogens with one attached hydrogen (secondary N) is 2. The fraction of sp³-hybridized carbons (Fsp3) is 0.302. The van der Waals surface area contributed by atoms with Gasteiger partial charge >= 0.3 is 0 Å². The Morgan fingerprint density at radius 3 is 0.937 bits per heavy atom. The first-order valence-corrected chi connectivity index (χ1v) is 30.7. The first-order chi connectivity index (χ1) is 38.3. The Morgan fingerprint density at radius 1 is 0.342 bits per heavy atom. The van der Waals surface area contributed by atoms with Gasteiger partial charge in [0.25, 0.3) is 20.2 Å². The third kappa shape index (κ3) is 15.2. The van der Waals surface area contributed by atoms with Gasteiger partial charge in [0.15, 0.2) is 0 Å². The van der Waals surface area contributed by atoms with Crippen LogP contribution in [0.2, 0.25) is 0 Å². The van der Waals surface area contributed by atoms with E-state index in [0.717, 1.165) is 133 Å². The Labute approximate surface area is 463 Å². The van der Waals surface area contributed by atoms with Gasteiger partial charge in [-0.1, -0.05) is 107 Å². The largest absolute Gasteiger partial charge is 0.494 e. The molecule has 14 nitrogen and oxygen atoms in total. The highest BCUT2D eigenvalue weighted by Crippen LogP contribution is 2.40. The molecule has 9 rings (SSSR count).